The molecule has 0 aliphatic heterocycles. The van der Waals surface area contributed by atoms with Gasteiger partial charge in [-0.15, -0.1) is 11.3 Å². The first-order valence-electron chi connectivity index (χ1n) is 7.95. The van der Waals surface area contributed by atoms with E-state index in [0.29, 0.717) is 11.9 Å². The number of hydrogen-bond donors (Lipinski definition) is 1. The number of thiophene rings is 1. The van der Waals surface area contributed by atoms with Gasteiger partial charge in [0.25, 0.3) is 5.56 Å². The van der Waals surface area contributed by atoms with Gasteiger partial charge in [-0.1, -0.05) is 18.2 Å². The van der Waals surface area contributed by atoms with Crippen LogP contribution in [-0.2, 0) is 11.3 Å². The lowest BCUT2D eigenvalue weighted by atomic mass is 10.1. The number of amides is 1. The minimum absolute atomic E-state index is 0.114. The van der Waals surface area contributed by atoms with Gasteiger partial charge >= 0.3 is 0 Å². The number of rotatable bonds is 6. The smallest absolute Gasteiger partial charge is 0.262 e. The second-order valence-corrected chi connectivity index (χ2v) is 6.56. The summed E-state index contributed by atoms with van der Waals surface area (Å²) in [6.45, 7) is 2.20. The van der Waals surface area contributed by atoms with Crippen molar-refractivity contribution in [3.8, 4) is 5.75 Å². The van der Waals surface area contributed by atoms with Crippen molar-refractivity contribution < 1.29 is 9.53 Å². The molecule has 130 valence electrons. The summed E-state index contributed by atoms with van der Waals surface area (Å²) in [5.74, 6) is 0.606. The van der Waals surface area contributed by atoms with Crippen molar-refractivity contribution in [3.05, 3.63) is 58.0 Å². The van der Waals surface area contributed by atoms with Crippen LogP contribution in [0, 0.1) is 0 Å². The maximum Gasteiger partial charge on any atom is 0.262 e. The van der Waals surface area contributed by atoms with Gasteiger partial charge in [0.2, 0.25) is 5.91 Å². The van der Waals surface area contributed by atoms with E-state index >= 15 is 0 Å². The normalized spacial score (nSPS) is 12.1. The third-order valence-corrected chi connectivity index (χ3v) is 4.83. The fourth-order valence-corrected chi connectivity index (χ4v) is 3.41. The number of nitrogens with one attached hydrogen (secondary N) is 1. The van der Waals surface area contributed by atoms with Gasteiger partial charge in [0.15, 0.2) is 0 Å². The molecular formula is C18H19N3O3S. The monoisotopic (exact) mass is 357 g/mol. The van der Waals surface area contributed by atoms with Crippen LogP contribution >= 0.6 is 11.3 Å². The molecule has 1 amide bonds. The van der Waals surface area contributed by atoms with E-state index in [2.05, 4.69) is 10.3 Å². The Morgan fingerprint density at radius 1 is 1.36 bits per heavy atom. The molecule has 0 aliphatic rings. The predicted molar refractivity (Wildman–Crippen MR) is 98.0 cm³/mol. The topological polar surface area (TPSA) is 73.2 Å². The van der Waals surface area contributed by atoms with Gasteiger partial charge in [0.05, 0.1) is 24.9 Å². The Balaban J connectivity index is 1.64. The van der Waals surface area contributed by atoms with Crippen molar-refractivity contribution >= 4 is 27.5 Å². The molecule has 0 saturated carbocycles. The second-order valence-electron chi connectivity index (χ2n) is 5.66. The van der Waals surface area contributed by atoms with E-state index in [1.165, 1.54) is 22.2 Å². The van der Waals surface area contributed by atoms with Crippen LogP contribution in [0.3, 0.4) is 0 Å². The number of carbonyl (C=O) groups is 1. The number of aromatic nitrogens is 2. The minimum atomic E-state index is -0.183. The molecule has 25 heavy (non-hydrogen) atoms. The summed E-state index contributed by atoms with van der Waals surface area (Å²) in [5.41, 5.74) is 0.800. The number of methoxy groups -OCH3 is 1. The lowest BCUT2D eigenvalue weighted by molar-refractivity contribution is -0.121. The summed E-state index contributed by atoms with van der Waals surface area (Å²) in [7, 11) is 1.60. The standard InChI is InChI=1S/C18H19N3O3S/c1-12(13-5-3-4-6-15(13)24-2)20-16(22)7-9-21-11-19-17-14(18(21)23)8-10-25-17/h3-6,8,10-12H,7,9H2,1-2H3,(H,20,22). The zero-order chi connectivity index (χ0) is 17.8. The summed E-state index contributed by atoms with van der Waals surface area (Å²) in [5, 5.41) is 5.37. The summed E-state index contributed by atoms with van der Waals surface area (Å²) in [6, 6.07) is 9.15. The van der Waals surface area contributed by atoms with Crippen LogP contribution in [-0.4, -0.2) is 22.6 Å². The largest absolute Gasteiger partial charge is 0.496 e. The van der Waals surface area contributed by atoms with E-state index < -0.39 is 0 Å². The first-order chi connectivity index (χ1) is 12.1. The highest BCUT2D eigenvalue weighted by atomic mass is 32.1. The van der Waals surface area contributed by atoms with E-state index in [-0.39, 0.29) is 23.9 Å². The molecule has 2 heterocycles. The van der Waals surface area contributed by atoms with E-state index in [1.54, 1.807) is 13.2 Å². The molecule has 1 atom stereocenters. The molecule has 2 aromatic heterocycles. The van der Waals surface area contributed by atoms with E-state index in [1.807, 2.05) is 36.6 Å². The first-order valence-corrected chi connectivity index (χ1v) is 8.83. The number of fused-ring (bicyclic) bond motifs is 1. The van der Waals surface area contributed by atoms with E-state index in [0.717, 1.165) is 16.1 Å². The Kier molecular flexibility index (Phi) is 5.14. The fraction of sp³-hybridized carbons (Fsp3) is 0.278. The lowest BCUT2D eigenvalue weighted by Crippen LogP contribution is -2.29. The van der Waals surface area contributed by atoms with E-state index in [9.17, 15) is 9.59 Å². The van der Waals surface area contributed by atoms with Crippen LogP contribution in [0.4, 0.5) is 0 Å². The van der Waals surface area contributed by atoms with Gasteiger partial charge < -0.3 is 10.1 Å². The summed E-state index contributed by atoms with van der Waals surface area (Å²) >= 11 is 1.43. The maximum absolute atomic E-state index is 12.3. The maximum atomic E-state index is 12.3. The summed E-state index contributed by atoms with van der Waals surface area (Å²) < 4.78 is 6.80. The highest BCUT2D eigenvalue weighted by Gasteiger charge is 2.14. The molecular weight excluding hydrogens is 338 g/mol. The van der Waals surface area contributed by atoms with Gasteiger partial charge in [0.1, 0.15) is 10.6 Å². The van der Waals surface area contributed by atoms with Gasteiger partial charge in [0, 0.05) is 18.5 Å². The Labute approximate surface area is 149 Å². The number of hydrogen-bond acceptors (Lipinski definition) is 5. The van der Waals surface area contributed by atoms with Crippen molar-refractivity contribution in [2.24, 2.45) is 0 Å². The molecule has 0 bridgehead atoms. The highest BCUT2D eigenvalue weighted by molar-refractivity contribution is 7.16. The van der Waals surface area contributed by atoms with Crippen molar-refractivity contribution in [1.29, 1.82) is 0 Å². The van der Waals surface area contributed by atoms with Crippen molar-refractivity contribution in [3.63, 3.8) is 0 Å². The Bertz CT molecular complexity index is 948. The molecule has 1 unspecified atom stereocenters. The van der Waals surface area contributed by atoms with Crippen LogP contribution in [0.2, 0.25) is 0 Å². The molecule has 3 aromatic rings. The molecule has 0 radical (unpaired) electrons. The minimum Gasteiger partial charge on any atom is -0.496 e. The Morgan fingerprint density at radius 3 is 2.96 bits per heavy atom. The highest BCUT2D eigenvalue weighted by Crippen LogP contribution is 2.24. The predicted octanol–water partition coefficient (Wildman–Crippen LogP) is 2.73. The van der Waals surface area contributed by atoms with Crippen LogP contribution in [0.5, 0.6) is 5.75 Å². The average molecular weight is 357 g/mol. The lowest BCUT2D eigenvalue weighted by Gasteiger charge is -2.17. The molecule has 1 N–H and O–H groups in total. The zero-order valence-corrected chi connectivity index (χ0v) is 14.9. The number of benzene rings is 1. The average Bonchev–Trinajstić information content (AvgIpc) is 3.10. The quantitative estimate of drug-likeness (QED) is 0.736. The van der Waals surface area contributed by atoms with Gasteiger partial charge in [-0.3, -0.25) is 14.2 Å². The summed E-state index contributed by atoms with van der Waals surface area (Å²) in [4.78, 5) is 29.5. The number of aryl methyl sites for hydroxylation is 1. The molecule has 0 saturated heterocycles. The number of ether oxygens (including phenoxy) is 1. The molecule has 6 nitrogen and oxygen atoms in total. The van der Waals surface area contributed by atoms with Crippen LogP contribution in [0.15, 0.2) is 46.8 Å². The molecule has 0 fully saturated rings. The van der Waals surface area contributed by atoms with Crippen molar-refractivity contribution in [2.45, 2.75) is 25.9 Å². The summed E-state index contributed by atoms with van der Waals surface area (Å²) in [6.07, 6.45) is 1.70. The van der Waals surface area contributed by atoms with Crippen molar-refractivity contribution in [1.82, 2.24) is 14.9 Å². The van der Waals surface area contributed by atoms with Crippen LogP contribution in [0.1, 0.15) is 24.9 Å². The van der Waals surface area contributed by atoms with Crippen LogP contribution in [0.25, 0.3) is 10.2 Å². The van der Waals surface area contributed by atoms with Crippen molar-refractivity contribution in [2.75, 3.05) is 7.11 Å². The van der Waals surface area contributed by atoms with E-state index in [4.69, 9.17) is 4.74 Å². The SMILES string of the molecule is COc1ccccc1C(C)NC(=O)CCn1cnc2sccc2c1=O. The zero-order valence-electron chi connectivity index (χ0n) is 14.1. The fourth-order valence-electron chi connectivity index (χ4n) is 2.69. The Hall–Kier alpha value is -2.67. The van der Waals surface area contributed by atoms with Crippen LogP contribution < -0.4 is 15.6 Å². The first kappa shape index (κ1) is 17.2. The molecule has 7 heteroatoms. The molecule has 1 aromatic carbocycles. The number of carbonyl (C=O) groups excluding carboxylic acids is 1. The second kappa shape index (κ2) is 7.48. The third kappa shape index (κ3) is 3.71. The number of para-hydroxylation sites is 1. The van der Waals surface area contributed by atoms with Gasteiger partial charge in [-0.2, -0.15) is 0 Å². The molecule has 3 rings (SSSR count). The third-order valence-electron chi connectivity index (χ3n) is 4.01. The van der Waals surface area contributed by atoms with Gasteiger partial charge in [-0.05, 0) is 24.4 Å². The molecule has 0 spiro atoms. The van der Waals surface area contributed by atoms with Gasteiger partial charge in [-0.25, -0.2) is 4.98 Å². The Morgan fingerprint density at radius 2 is 2.16 bits per heavy atom. The number of nitrogens with zero attached hydrogens (tertiary/aromatic N) is 2. The molecule has 0 aliphatic carbocycles.